The average molecular weight is 307 g/mol. The standard InChI is InChI=1S/C14H29NO4S/c1-2-3-4-5-6-7-8-9-10-11-12-13(16)14(17)20(15,18)19/h13,16H,2-12H2,1H3,(H2,15,18,19). The first-order valence-corrected chi connectivity index (χ1v) is 9.19. The van der Waals surface area contributed by atoms with Crippen molar-refractivity contribution < 1.29 is 18.3 Å². The van der Waals surface area contributed by atoms with Gasteiger partial charge in [-0.3, -0.25) is 4.79 Å². The zero-order valence-corrected chi connectivity index (χ0v) is 13.3. The summed E-state index contributed by atoms with van der Waals surface area (Å²) >= 11 is 0. The quantitative estimate of drug-likeness (QED) is 0.541. The monoisotopic (exact) mass is 307 g/mol. The summed E-state index contributed by atoms with van der Waals surface area (Å²) in [5, 5.41) is 12.8. The van der Waals surface area contributed by atoms with Crippen molar-refractivity contribution in [3.8, 4) is 0 Å². The lowest BCUT2D eigenvalue weighted by molar-refractivity contribution is -0.119. The molecule has 5 nitrogen and oxygen atoms in total. The Labute approximate surface area is 123 Å². The number of rotatable bonds is 12. The lowest BCUT2D eigenvalue weighted by Gasteiger charge is -2.07. The molecule has 0 aliphatic rings. The van der Waals surface area contributed by atoms with Crippen LogP contribution in [-0.4, -0.2) is 24.7 Å². The highest BCUT2D eigenvalue weighted by atomic mass is 32.2. The summed E-state index contributed by atoms with van der Waals surface area (Å²) < 4.78 is 21.4. The largest absolute Gasteiger partial charge is 0.384 e. The van der Waals surface area contributed by atoms with E-state index in [-0.39, 0.29) is 6.42 Å². The summed E-state index contributed by atoms with van der Waals surface area (Å²) in [6, 6.07) is 0. The fraction of sp³-hybridized carbons (Fsp3) is 0.929. The molecule has 0 aliphatic carbocycles. The van der Waals surface area contributed by atoms with Crippen LogP contribution >= 0.6 is 0 Å². The van der Waals surface area contributed by atoms with Crippen LogP contribution in [0.5, 0.6) is 0 Å². The zero-order valence-electron chi connectivity index (χ0n) is 12.5. The summed E-state index contributed by atoms with van der Waals surface area (Å²) in [6.07, 6.45) is 10.2. The summed E-state index contributed by atoms with van der Waals surface area (Å²) in [5.41, 5.74) is 0. The number of carbonyl (C=O) groups is 1. The van der Waals surface area contributed by atoms with Gasteiger partial charge in [-0.15, -0.1) is 0 Å². The lowest BCUT2D eigenvalue weighted by Crippen LogP contribution is -2.33. The number of nitrogens with two attached hydrogens (primary N) is 1. The zero-order chi connectivity index (χ0) is 15.4. The van der Waals surface area contributed by atoms with E-state index >= 15 is 0 Å². The molecule has 0 aromatic rings. The summed E-state index contributed by atoms with van der Waals surface area (Å²) in [5.74, 6) is 0. The van der Waals surface area contributed by atoms with Crippen LogP contribution in [0, 0.1) is 0 Å². The number of sulfonamides is 1. The smallest absolute Gasteiger partial charge is 0.289 e. The normalized spacial score (nSPS) is 13.3. The molecule has 6 heteroatoms. The van der Waals surface area contributed by atoms with Crippen LogP contribution in [0.1, 0.15) is 77.6 Å². The molecule has 20 heavy (non-hydrogen) atoms. The Morgan fingerprint density at radius 3 is 1.75 bits per heavy atom. The van der Waals surface area contributed by atoms with Crippen LogP contribution < -0.4 is 5.14 Å². The van der Waals surface area contributed by atoms with Crippen molar-refractivity contribution in [1.82, 2.24) is 0 Å². The van der Waals surface area contributed by atoms with Crippen molar-refractivity contribution in [2.45, 2.75) is 83.7 Å². The van der Waals surface area contributed by atoms with E-state index in [1.165, 1.54) is 38.5 Å². The molecule has 1 unspecified atom stereocenters. The molecule has 0 fully saturated rings. The number of hydrogen-bond acceptors (Lipinski definition) is 4. The van der Waals surface area contributed by atoms with Crippen molar-refractivity contribution in [3.05, 3.63) is 0 Å². The molecule has 0 bridgehead atoms. The number of hydrogen-bond donors (Lipinski definition) is 2. The average Bonchev–Trinajstić information content (AvgIpc) is 2.38. The summed E-state index contributed by atoms with van der Waals surface area (Å²) in [6.45, 7) is 2.20. The predicted molar refractivity (Wildman–Crippen MR) is 80.6 cm³/mol. The molecule has 0 radical (unpaired) electrons. The molecule has 120 valence electrons. The third kappa shape index (κ3) is 10.3. The van der Waals surface area contributed by atoms with Crippen LogP contribution in [0.2, 0.25) is 0 Å². The second-order valence-electron chi connectivity index (χ2n) is 5.35. The van der Waals surface area contributed by atoms with Gasteiger partial charge in [-0.05, 0) is 6.42 Å². The Morgan fingerprint density at radius 2 is 1.35 bits per heavy atom. The molecule has 0 heterocycles. The van der Waals surface area contributed by atoms with Gasteiger partial charge in [-0.25, -0.2) is 13.6 Å². The van der Waals surface area contributed by atoms with Gasteiger partial charge in [0.2, 0.25) is 0 Å². The van der Waals surface area contributed by atoms with E-state index in [0.717, 1.165) is 19.3 Å². The first-order chi connectivity index (χ1) is 9.39. The van der Waals surface area contributed by atoms with E-state index in [1.54, 1.807) is 0 Å². The van der Waals surface area contributed by atoms with Gasteiger partial charge >= 0.3 is 0 Å². The maximum absolute atomic E-state index is 11.1. The van der Waals surface area contributed by atoms with Crippen LogP contribution in [-0.2, 0) is 14.8 Å². The van der Waals surface area contributed by atoms with Crippen LogP contribution in [0.25, 0.3) is 0 Å². The SMILES string of the molecule is CCCCCCCCCCCCC(O)C(=O)S(N)(=O)=O. The number of unbranched alkanes of at least 4 members (excludes halogenated alkanes) is 9. The van der Waals surface area contributed by atoms with E-state index < -0.39 is 21.2 Å². The Bertz CT molecular complexity index is 354. The molecule has 3 N–H and O–H groups in total. The Morgan fingerprint density at radius 1 is 0.950 bits per heavy atom. The van der Waals surface area contributed by atoms with Crippen LogP contribution in [0.4, 0.5) is 0 Å². The van der Waals surface area contributed by atoms with E-state index in [0.29, 0.717) is 6.42 Å². The highest BCUT2D eigenvalue weighted by Gasteiger charge is 2.25. The molecule has 0 saturated carbocycles. The maximum Gasteiger partial charge on any atom is 0.289 e. The molecule has 0 rings (SSSR count). The number of aliphatic hydroxyl groups excluding tert-OH is 1. The van der Waals surface area contributed by atoms with Crippen LogP contribution in [0.3, 0.4) is 0 Å². The van der Waals surface area contributed by atoms with E-state index in [9.17, 15) is 18.3 Å². The van der Waals surface area contributed by atoms with Crippen molar-refractivity contribution in [1.29, 1.82) is 0 Å². The molecule has 0 aromatic carbocycles. The lowest BCUT2D eigenvalue weighted by atomic mass is 10.0. The highest BCUT2D eigenvalue weighted by molar-refractivity contribution is 8.04. The molecule has 0 amide bonds. The molecule has 0 aliphatic heterocycles. The first-order valence-electron chi connectivity index (χ1n) is 7.64. The minimum atomic E-state index is -4.25. The fourth-order valence-corrected chi connectivity index (χ4v) is 2.63. The van der Waals surface area contributed by atoms with Gasteiger partial charge in [0, 0.05) is 0 Å². The molecule has 1 atom stereocenters. The Balaban J connectivity index is 3.42. The van der Waals surface area contributed by atoms with E-state index in [2.05, 4.69) is 12.1 Å². The fourth-order valence-electron chi connectivity index (χ4n) is 2.13. The minimum Gasteiger partial charge on any atom is -0.384 e. The number of aliphatic hydroxyl groups is 1. The van der Waals surface area contributed by atoms with Crippen LogP contribution in [0.15, 0.2) is 0 Å². The van der Waals surface area contributed by atoms with E-state index in [1.807, 2.05) is 0 Å². The second kappa shape index (κ2) is 11.2. The second-order valence-corrected chi connectivity index (χ2v) is 6.84. The van der Waals surface area contributed by atoms with Crippen molar-refractivity contribution in [2.24, 2.45) is 5.14 Å². The third-order valence-corrected chi connectivity index (χ3v) is 4.22. The third-order valence-electron chi connectivity index (χ3n) is 3.38. The Hall–Kier alpha value is -0.460. The van der Waals surface area contributed by atoms with Gasteiger partial charge in [0.1, 0.15) is 6.10 Å². The van der Waals surface area contributed by atoms with E-state index in [4.69, 9.17) is 0 Å². The molecular formula is C14H29NO4S. The van der Waals surface area contributed by atoms with Crippen molar-refractivity contribution in [2.75, 3.05) is 0 Å². The topological polar surface area (TPSA) is 97.5 Å². The van der Waals surface area contributed by atoms with Crippen molar-refractivity contribution >= 4 is 15.1 Å². The number of carbonyl (C=O) groups excluding carboxylic acids is 1. The molecule has 0 spiro atoms. The predicted octanol–water partition coefficient (Wildman–Crippen LogP) is 2.47. The molecular weight excluding hydrogens is 278 g/mol. The highest BCUT2D eigenvalue weighted by Crippen LogP contribution is 2.12. The molecule has 0 aromatic heterocycles. The molecule has 0 saturated heterocycles. The summed E-state index contributed by atoms with van der Waals surface area (Å²) in [7, 11) is -4.25. The van der Waals surface area contributed by atoms with Crippen molar-refractivity contribution in [3.63, 3.8) is 0 Å². The van der Waals surface area contributed by atoms with Gasteiger partial charge in [-0.1, -0.05) is 71.1 Å². The van der Waals surface area contributed by atoms with Gasteiger partial charge in [0.25, 0.3) is 15.1 Å². The van der Waals surface area contributed by atoms with Gasteiger partial charge < -0.3 is 5.11 Å². The minimum absolute atomic E-state index is 0.172. The Kier molecular flexibility index (Phi) is 11.0. The van der Waals surface area contributed by atoms with Gasteiger partial charge in [0.15, 0.2) is 0 Å². The van der Waals surface area contributed by atoms with Gasteiger partial charge in [-0.2, -0.15) is 0 Å². The first kappa shape index (κ1) is 19.5. The maximum atomic E-state index is 11.1. The number of primary sulfonamides is 1. The van der Waals surface area contributed by atoms with Gasteiger partial charge in [0.05, 0.1) is 0 Å². The summed E-state index contributed by atoms with van der Waals surface area (Å²) in [4.78, 5) is 11.1.